The third kappa shape index (κ3) is 3.07. The van der Waals surface area contributed by atoms with E-state index in [9.17, 15) is 0 Å². The average molecular weight is 246 g/mol. The van der Waals surface area contributed by atoms with Crippen molar-refractivity contribution >= 4 is 0 Å². The van der Waals surface area contributed by atoms with Crippen LogP contribution in [0.2, 0.25) is 0 Å². The van der Waals surface area contributed by atoms with Crippen LogP contribution in [0.4, 0.5) is 0 Å². The molecule has 96 valence electrons. The molecular weight excluding hydrogens is 228 g/mol. The van der Waals surface area contributed by atoms with Crippen molar-refractivity contribution in [1.29, 1.82) is 0 Å². The fourth-order valence-corrected chi connectivity index (χ4v) is 1.74. The topological polar surface area (TPSA) is 52.0 Å². The van der Waals surface area contributed by atoms with Gasteiger partial charge in [-0.1, -0.05) is 24.3 Å². The Morgan fingerprint density at radius 3 is 3.06 bits per heavy atom. The van der Waals surface area contributed by atoms with Gasteiger partial charge in [-0.3, -0.25) is 0 Å². The highest BCUT2D eigenvalue weighted by molar-refractivity contribution is 5.31. The monoisotopic (exact) mass is 246 g/mol. The Morgan fingerprint density at radius 1 is 1.39 bits per heavy atom. The molecule has 1 heterocycles. The molecule has 0 saturated carbocycles. The second-order valence-corrected chi connectivity index (χ2v) is 4.08. The third-order valence-electron chi connectivity index (χ3n) is 2.52. The Morgan fingerprint density at radius 2 is 2.28 bits per heavy atom. The number of aromatic nitrogens is 3. The summed E-state index contributed by atoms with van der Waals surface area (Å²) in [5.41, 5.74) is 1.18. The maximum Gasteiger partial charge on any atom is 0.238 e. The zero-order chi connectivity index (χ0) is 12.8. The smallest absolute Gasteiger partial charge is 0.238 e. The average Bonchev–Trinajstić information content (AvgIpc) is 2.78. The van der Waals surface area contributed by atoms with E-state index in [0.29, 0.717) is 5.88 Å². The molecule has 2 rings (SSSR count). The van der Waals surface area contributed by atoms with Crippen LogP contribution in [0.1, 0.15) is 18.9 Å². The van der Waals surface area contributed by atoms with E-state index in [0.717, 1.165) is 25.3 Å². The number of nitrogens with one attached hydrogen (secondary N) is 1. The number of ether oxygens (including phenoxy) is 1. The summed E-state index contributed by atoms with van der Waals surface area (Å²) < 4.78 is 7.57. The largest absolute Gasteiger partial charge is 0.438 e. The number of rotatable bonds is 6. The van der Waals surface area contributed by atoms with Gasteiger partial charge in [-0.2, -0.15) is 0 Å². The highest BCUT2D eigenvalue weighted by Gasteiger charge is 2.05. The van der Waals surface area contributed by atoms with Crippen LogP contribution in [0, 0.1) is 0 Å². The molecule has 0 bridgehead atoms. The lowest BCUT2D eigenvalue weighted by molar-refractivity contribution is 0.406. The molecule has 0 unspecified atom stereocenters. The first-order valence-electron chi connectivity index (χ1n) is 6.13. The van der Waals surface area contributed by atoms with E-state index in [1.54, 1.807) is 10.9 Å². The van der Waals surface area contributed by atoms with Gasteiger partial charge in [0.05, 0.1) is 0 Å². The van der Waals surface area contributed by atoms with E-state index in [4.69, 9.17) is 4.74 Å². The van der Waals surface area contributed by atoms with E-state index in [1.807, 2.05) is 25.2 Å². The maximum atomic E-state index is 5.80. The van der Waals surface area contributed by atoms with Crippen molar-refractivity contribution < 1.29 is 4.74 Å². The predicted octanol–water partition coefficient (Wildman–Crippen LogP) is 2.20. The van der Waals surface area contributed by atoms with Crippen LogP contribution in [0.25, 0.3) is 0 Å². The minimum Gasteiger partial charge on any atom is -0.438 e. The maximum absolute atomic E-state index is 5.80. The summed E-state index contributed by atoms with van der Waals surface area (Å²) >= 11 is 0. The van der Waals surface area contributed by atoms with Crippen LogP contribution in [0.3, 0.4) is 0 Å². The Labute approximate surface area is 107 Å². The van der Waals surface area contributed by atoms with Gasteiger partial charge in [0.25, 0.3) is 0 Å². The lowest BCUT2D eigenvalue weighted by atomic mass is 10.2. The van der Waals surface area contributed by atoms with Gasteiger partial charge < -0.3 is 10.1 Å². The molecule has 1 aromatic carbocycles. The highest BCUT2D eigenvalue weighted by atomic mass is 16.5. The number of aryl methyl sites for hydroxylation is 1. The van der Waals surface area contributed by atoms with Crippen molar-refractivity contribution in [3.8, 4) is 11.6 Å². The molecule has 5 heteroatoms. The Kier molecular flexibility index (Phi) is 4.30. The molecule has 2 aromatic rings. The minimum absolute atomic E-state index is 0.679. The van der Waals surface area contributed by atoms with E-state index >= 15 is 0 Å². The second-order valence-electron chi connectivity index (χ2n) is 4.08. The van der Waals surface area contributed by atoms with Gasteiger partial charge in [0, 0.05) is 13.1 Å². The van der Waals surface area contributed by atoms with Crippen molar-refractivity contribution in [2.45, 2.75) is 26.4 Å². The van der Waals surface area contributed by atoms with Crippen molar-refractivity contribution in [2.75, 3.05) is 7.05 Å². The molecule has 18 heavy (non-hydrogen) atoms. The van der Waals surface area contributed by atoms with Gasteiger partial charge in [0.15, 0.2) is 0 Å². The molecule has 0 aliphatic carbocycles. The van der Waals surface area contributed by atoms with Crippen LogP contribution >= 0.6 is 0 Å². The molecule has 0 radical (unpaired) electrons. The molecule has 1 N–H and O–H groups in total. The Balaban J connectivity index is 2.12. The van der Waals surface area contributed by atoms with Crippen molar-refractivity contribution in [2.24, 2.45) is 0 Å². The molecule has 0 atom stereocenters. The van der Waals surface area contributed by atoms with Crippen molar-refractivity contribution in [3.63, 3.8) is 0 Å². The first kappa shape index (κ1) is 12.6. The molecular formula is C13H18N4O. The normalized spacial score (nSPS) is 10.6. The first-order valence-corrected chi connectivity index (χ1v) is 6.13. The third-order valence-corrected chi connectivity index (χ3v) is 2.52. The predicted molar refractivity (Wildman–Crippen MR) is 69.6 cm³/mol. The van der Waals surface area contributed by atoms with Crippen LogP contribution in [-0.4, -0.2) is 22.0 Å². The summed E-state index contributed by atoms with van der Waals surface area (Å²) in [5, 5.41) is 11.0. The molecule has 0 aliphatic rings. The second kappa shape index (κ2) is 6.16. The van der Waals surface area contributed by atoms with E-state index in [1.165, 1.54) is 5.56 Å². The molecule has 5 nitrogen and oxygen atoms in total. The fraction of sp³-hybridized carbons (Fsp3) is 0.385. The molecule has 0 fully saturated rings. The van der Waals surface area contributed by atoms with Crippen LogP contribution in [0.15, 0.2) is 30.5 Å². The van der Waals surface area contributed by atoms with Gasteiger partial charge in [0.2, 0.25) is 5.88 Å². The van der Waals surface area contributed by atoms with E-state index < -0.39 is 0 Å². The summed E-state index contributed by atoms with van der Waals surface area (Å²) in [6.45, 7) is 3.73. The van der Waals surface area contributed by atoms with Crippen LogP contribution in [0.5, 0.6) is 11.6 Å². The quantitative estimate of drug-likeness (QED) is 0.849. The van der Waals surface area contributed by atoms with Gasteiger partial charge in [-0.05, 0) is 31.2 Å². The zero-order valence-corrected chi connectivity index (χ0v) is 10.8. The zero-order valence-electron chi connectivity index (χ0n) is 10.8. The SMILES string of the molecule is CCCn1nncc1Oc1cccc(CNC)c1. The molecule has 1 aromatic heterocycles. The summed E-state index contributed by atoms with van der Waals surface area (Å²) in [6, 6.07) is 7.99. The van der Waals surface area contributed by atoms with Gasteiger partial charge in [-0.15, -0.1) is 5.10 Å². The Bertz CT molecular complexity index is 495. The summed E-state index contributed by atoms with van der Waals surface area (Å²) in [5.74, 6) is 1.49. The molecule has 0 amide bonds. The minimum atomic E-state index is 0.679. The van der Waals surface area contributed by atoms with E-state index in [-0.39, 0.29) is 0 Å². The summed E-state index contributed by atoms with van der Waals surface area (Å²) in [7, 11) is 1.92. The van der Waals surface area contributed by atoms with Crippen molar-refractivity contribution in [3.05, 3.63) is 36.0 Å². The fourth-order valence-electron chi connectivity index (χ4n) is 1.74. The number of benzene rings is 1. The molecule has 0 saturated heterocycles. The number of hydrogen-bond acceptors (Lipinski definition) is 4. The standard InChI is InChI=1S/C13H18N4O/c1-3-7-17-13(10-15-16-17)18-12-6-4-5-11(8-12)9-14-2/h4-6,8,10,14H,3,7,9H2,1-2H3. The van der Waals surface area contributed by atoms with Crippen molar-refractivity contribution in [1.82, 2.24) is 20.3 Å². The Hall–Kier alpha value is -1.88. The number of hydrogen-bond donors (Lipinski definition) is 1. The molecule has 0 aliphatic heterocycles. The summed E-state index contributed by atoms with van der Waals surface area (Å²) in [4.78, 5) is 0. The molecule has 0 spiro atoms. The lowest BCUT2D eigenvalue weighted by Gasteiger charge is -2.08. The highest BCUT2D eigenvalue weighted by Crippen LogP contribution is 2.21. The first-order chi connectivity index (χ1) is 8.83. The van der Waals surface area contributed by atoms with Gasteiger partial charge in [-0.25, -0.2) is 4.68 Å². The van der Waals surface area contributed by atoms with E-state index in [2.05, 4.69) is 28.6 Å². The van der Waals surface area contributed by atoms with Gasteiger partial charge >= 0.3 is 0 Å². The lowest BCUT2D eigenvalue weighted by Crippen LogP contribution is -2.05. The van der Waals surface area contributed by atoms with Crippen LogP contribution < -0.4 is 10.1 Å². The summed E-state index contributed by atoms with van der Waals surface area (Å²) in [6.07, 6.45) is 2.64. The van der Waals surface area contributed by atoms with Gasteiger partial charge in [0.1, 0.15) is 11.9 Å². The number of nitrogens with zero attached hydrogens (tertiary/aromatic N) is 3. The van der Waals surface area contributed by atoms with Crippen LogP contribution in [-0.2, 0) is 13.1 Å².